The molecule has 0 bridgehead atoms. The monoisotopic (exact) mass is 398 g/mol. The summed E-state index contributed by atoms with van der Waals surface area (Å²) in [6.07, 6.45) is 0. The lowest BCUT2D eigenvalue weighted by Crippen LogP contribution is -2.45. The van der Waals surface area contributed by atoms with Crippen molar-refractivity contribution in [2.24, 2.45) is 0 Å². The zero-order valence-corrected chi connectivity index (χ0v) is 16.8. The number of carbonyl (C=O) groups is 1. The lowest BCUT2D eigenvalue weighted by molar-refractivity contribution is -0.138. The number of carbonyl (C=O) groups excluding carboxylic acids is 1. The van der Waals surface area contributed by atoms with Crippen molar-refractivity contribution in [2.75, 3.05) is 20.8 Å². The molecule has 146 valence electrons. The molecule has 2 N–H and O–H groups in total. The van der Waals surface area contributed by atoms with E-state index in [-0.39, 0.29) is 6.61 Å². The minimum atomic E-state index is -0.562. The van der Waals surface area contributed by atoms with Gasteiger partial charge in [0.15, 0.2) is 5.11 Å². The molecule has 6 nitrogen and oxygen atoms in total. The van der Waals surface area contributed by atoms with Gasteiger partial charge in [-0.2, -0.15) is 0 Å². The van der Waals surface area contributed by atoms with Crippen molar-refractivity contribution in [1.29, 1.82) is 0 Å². The molecule has 0 fully saturated rings. The third-order valence-electron chi connectivity index (χ3n) is 4.38. The predicted molar refractivity (Wildman–Crippen MR) is 111 cm³/mol. The van der Waals surface area contributed by atoms with Gasteiger partial charge in [0, 0.05) is 5.56 Å². The molecule has 0 spiro atoms. The molecule has 1 aliphatic rings. The third kappa shape index (κ3) is 3.94. The van der Waals surface area contributed by atoms with E-state index in [0.29, 0.717) is 27.9 Å². The Balaban J connectivity index is 2.23. The number of ether oxygens (including phenoxy) is 3. The SMILES string of the molecule is CCOC(=O)C1=C(c2ccccc2)NC(=S)NC1c1cc(OC)ccc1OC. The Labute approximate surface area is 169 Å². The summed E-state index contributed by atoms with van der Waals surface area (Å²) in [6.45, 7) is 2.03. The second-order valence-corrected chi connectivity index (χ2v) is 6.42. The largest absolute Gasteiger partial charge is 0.497 e. The Morgan fingerprint density at radius 3 is 2.50 bits per heavy atom. The van der Waals surface area contributed by atoms with Crippen LogP contribution in [-0.2, 0) is 9.53 Å². The van der Waals surface area contributed by atoms with Gasteiger partial charge in [-0.3, -0.25) is 0 Å². The van der Waals surface area contributed by atoms with Crippen LogP contribution in [0.5, 0.6) is 11.5 Å². The first-order chi connectivity index (χ1) is 13.6. The van der Waals surface area contributed by atoms with Gasteiger partial charge >= 0.3 is 5.97 Å². The molecule has 2 aromatic rings. The number of rotatable bonds is 6. The van der Waals surface area contributed by atoms with Gasteiger partial charge in [0.25, 0.3) is 0 Å². The van der Waals surface area contributed by atoms with E-state index >= 15 is 0 Å². The van der Waals surface area contributed by atoms with Crippen LogP contribution in [-0.4, -0.2) is 31.9 Å². The third-order valence-corrected chi connectivity index (χ3v) is 4.60. The Bertz CT molecular complexity index is 912. The molecular formula is C21H22N2O4S. The number of nitrogens with one attached hydrogen (secondary N) is 2. The molecule has 0 radical (unpaired) electrons. The van der Waals surface area contributed by atoms with E-state index in [9.17, 15) is 4.79 Å². The summed E-state index contributed by atoms with van der Waals surface area (Å²) in [5, 5.41) is 6.69. The molecule has 7 heteroatoms. The molecule has 0 aromatic heterocycles. The fourth-order valence-electron chi connectivity index (χ4n) is 3.12. The number of hydrogen-bond donors (Lipinski definition) is 2. The molecule has 28 heavy (non-hydrogen) atoms. The van der Waals surface area contributed by atoms with Crippen LogP contribution in [0.3, 0.4) is 0 Å². The number of hydrogen-bond acceptors (Lipinski definition) is 5. The first-order valence-electron chi connectivity index (χ1n) is 8.85. The minimum absolute atomic E-state index is 0.261. The van der Waals surface area contributed by atoms with Crippen LogP contribution in [0.1, 0.15) is 24.1 Å². The van der Waals surface area contributed by atoms with Crippen molar-refractivity contribution in [3.05, 3.63) is 65.2 Å². The Morgan fingerprint density at radius 1 is 1.11 bits per heavy atom. The van der Waals surface area contributed by atoms with Gasteiger partial charge in [-0.05, 0) is 42.9 Å². The first-order valence-corrected chi connectivity index (χ1v) is 9.26. The van der Waals surface area contributed by atoms with Gasteiger partial charge in [0.05, 0.1) is 38.1 Å². The number of esters is 1. The van der Waals surface area contributed by atoms with Gasteiger partial charge < -0.3 is 24.8 Å². The molecule has 0 amide bonds. The molecule has 1 unspecified atom stereocenters. The quantitative estimate of drug-likeness (QED) is 0.572. The van der Waals surface area contributed by atoms with Crippen molar-refractivity contribution in [3.8, 4) is 11.5 Å². The maximum absolute atomic E-state index is 13.0. The fourth-order valence-corrected chi connectivity index (χ4v) is 3.34. The normalized spacial score (nSPS) is 16.1. The van der Waals surface area contributed by atoms with Crippen LogP contribution in [0.25, 0.3) is 5.70 Å². The standard InChI is InChI=1S/C21H22N2O4S/c1-4-27-20(24)17-18(13-8-6-5-7-9-13)22-21(28)23-19(17)15-12-14(25-2)10-11-16(15)26-3/h5-12,19H,4H2,1-3H3,(H2,22,23,28). The van der Waals surface area contributed by atoms with Crippen LogP contribution in [0.15, 0.2) is 54.1 Å². The topological polar surface area (TPSA) is 68.8 Å². The van der Waals surface area contributed by atoms with Crippen LogP contribution in [0.2, 0.25) is 0 Å². The summed E-state index contributed by atoms with van der Waals surface area (Å²) in [5.41, 5.74) is 2.59. The number of thiocarbonyl (C=S) groups is 1. The minimum Gasteiger partial charge on any atom is -0.497 e. The molecule has 0 saturated heterocycles. The summed E-state index contributed by atoms with van der Waals surface area (Å²) in [6, 6.07) is 14.4. The number of benzene rings is 2. The highest BCUT2D eigenvalue weighted by Gasteiger charge is 2.34. The Hall–Kier alpha value is -3.06. The average molecular weight is 398 g/mol. The second-order valence-electron chi connectivity index (χ2n) is 6.01. The highest BCUT2D eigenvalue weighted by atomic mass is 32.1. The average Bonchev–Trinajstić information content (AvgIpc) is 2.73. The van der Waals surface area contributed by atoms with Crippen molar-refractivity contribution in [1.82, 2.24) is 10.6 Å². The van der Waals surface area contributed by atoms with E-state index in [2.05, 4.69) is 10.6 Å². The van der Waals surface area contributed by atoms with E-state index in [0.717, 1.165) is 11.1 Å². The van der Waals surface area contributed by atoms with Crippen molar-refractivity contribution in [3.63, 3.8) is 0 Å². The van der Waals surface area contributed by atoms with Gasteiger partial charge in [-0.15, -0.1) is 0 Å². The Morgan fingerprint density at radius 2 is 1.86 bits per heavy atom. The molecular weight excluding hydrogens is 376 g/mol. The first kappa shape index (κ1) is 19.7. The summed E-state index contributed by atoms with van der Waals surface area (Å²) < 4.78 is 16.2. The van der Waals surface area contributed by atoms with Crippen molar-refractivity contribution in [2.45, 2.75) is 13.0 Å². The second kappa shape index (κ2) is 8.75. The zero-order chi connectivity index (χ0) is 20.1. The van der Waals surface area contributed by atoms with Gasteiger partial charge in [-0.25, -0.2) is 4.79 Å². The molecule has 1 atom stereocenters. The van der Waals surface area contributed by atoms with E-state index in [1.165, 1.54) is 0 Å². The summed E-state index contributed by atoms with van der Waals surface area (Å²) in [4.78, 5) is 13.0. The highest BCUT2D eigenvalue weighted by molar-refractivity contribution is 7.80. The maximum Gasteiger partial charge on any atom is 0.338 e. The van der Waals surface area contributed by atoms with Crippen molar-refractivity contribution >= 4 is 29.0 Å². The van der Waals surface area contributed by atoms with Crippen LogP contribution in [0.4, 0.5) is 0 Å². The molecule has 1 aliphatic heterocycles. The summed E-state index contributed by atoms with van der Waals surface area (Å²) >= 11 is 5.42. The predicted octanol–water partition coefficient (Wildman–Crippen LogP) is 3.20. The lowest BCUT2D eigenvalue weighted by Gasteiger charge is -2.32. The smallest absolute Gasteiger partial charge is 0.338 e. The van der Waals surface area contributed by atoms with Crippen LogP contribution < -0.4 is 20.1 Å². The summed E-state index contributed by atoms with van der Waals surface area (Å²) in [7, 11) is 3.17. The molecule has 1 heterocycles. The van der Waals surface area contributed by atoms with E-state index < -0.39 is 12.0 Å². The van der Waals surface area contributed by atoms with E-state index in [4.69, 9.17) is 26.4 Å². The zero-order valence-electron chi connectivity index (χ0n) is 15.9. The highest BCUT2D eigenvalue weighted by Crippen LogP contribution is 2.37. The van der Waals surface area contributed by atoms with Gasteiger partial charge in [-0.1, -0.05) is 30.3 Å². The van der Waals surface area contributed by atoms with Crippen molar-refractivity contribution < 1.29 is 19.0 Å². The van der Waals surface area contributed by atoms with E-state index in [1.807, 2.05) is 36.4 Å². The molecule has 2 aromatic carbocycles. The van der Waals surface area contributed by atoms with Gasteiger partial charge in [0.2, 0.25) is 0 Å². The van der Waals surface area contributed by atoms with Crippen LogP contribution in [0, 0.1) is 0 Å². The van der Waals surface area contributed by atoms with Gasteiger partial charge in [0.1, 0.15) is 11.5 Å². The Kier molecular flexibility index (Phi) is 6.16. The van der Waals surface area contributed by atoms with E-state index in [1.54, 1.807) is 33.3 Å². The summed E-state index contributed by atoms with van der Waals surface area (Å²) in [5.74, 6) is 0.822. The molecule has 3 rings (SSSR count). The fraction of sp³-hybridized carbons (Fsp3) is 0.238. The molecule has 0 saturated carbocycles. The maximum atomic E-state index is 13.0. The number of methoxy groups -OCH3 is 2. The van der Waals surface area contributed by atoms with Crippen LogP contribution >= 0.6 is 12.2 Å². The lowest BCUT2D eigenvalue weighted by atomic mass is 9.92. The molecule has 0 aliphatic carbocycles.